The van der Waals surface area contributed by atoms with Crippen molar-refractivity contribution in [3.63, 3.8) is 0 Å². The molecular weight excluding hydrogens is 190 g/mol. The van der Waals surface area contributed by atoms with Crippen LogP contribution in [0.2, 0.25) is 5.15 Å². The summed E-state index contributed by atoms with van der Waals surface area (Å²) in [4.78, 5) is 14.6. The molecule has 1 rings (SSSR count). The third-order valence-electron chi connectivity index (χ3n) is 1.73. The molecule has 5 heteroatoms. The minimum absolute atomic E-state index is 0.0457. The molecule has 1 aromatic heterocycles. The van der Waals surface area contributed by atoms with E-state index in [1.807, 2.05) is 6.92 Å². The van der Waals surface area contributed by atoms with Gasteiger partial charge in [-0.25, -0.2) is 4.98 Å². The predicted octanol–water partition coefficient (Wildman–Crippen LogP) is 0.979. The molecule has 0 atom stereocenters. The zero-order valence-corrected chi connectivity index (χ0v) is 7.93. The molecule has 0 aromatic carbocycles. The van der Waals surface area contributed by atoms with E-state index in [0.717, 1.165) is 5.56 Å². The summed E-state index contributed by atoms with van der Waals surface area (Å²) in [6.07, 6.45) is 0.689. The molecule has 13 heavy (non-hydrogen) atoms. The molecule has 0 aliphatic heterocycles. The number of nitrogens with zero attached hydrogens (tertiary/aromatic N) is 1. The molecule has 1 amide bonds. The van der Waals surface area contributed by atoms with E-state index in [0.29, 0.717) is 12.1 Å². The first-order valence-corrected chi connectivity index (χ1v) is 4.18. The van der Waals surface area contributed by atoms with Crippen molar-refractivity contribution in [3.05, 3.63) is 22.5 Å². The second kappa shape index (κ2) is 3.62. The first-order chi connectivity index (χ1) is 6.06. The molecule has 0 aliphatic carbocycles. The zero-order valence-electron chi connectivity index (χ0n) is 7.17. The minimum atomic E-state index is -0.658. The molecule has 70 valence electrons. The largest absolute Gasteiger partial charge is 0.397 e. The van der Waals surface area contributed by atoms with Crippen LogP contribution in [0.3, 0.4) is 0 Å². The number of carbonyl (C=O) groups excluding carboxylic acids is 1. The van der Waals surface area contributed by atoms with Crippen molar-refractivity contribution in [3.8, 4) is 0 Å². The van der Waals surface area contributed by atoms with E-state index in [2.05, 4.69) is 4.98 Å². The van der Waals surface area contributed by atoms with Gasteiger partial charge in [0, 0.05) is 0 Å². The van der Waals surface area contributed by atoms with E-state index in [1.54, 1.807) is 6.07 Å². The first-order valence-electron chi connectivity index (χ1n) is 3.81. The summed E-state index contributed by atoms with van der Waals surface area (Å²) in [7, 11) is 0. The van der Waals surface area contributed by atoms with E-state index in [-0.39, 0.29) is 10.8 Å². The molecule has 4 nitrogen and oxygen atoms in total. The van der Waals surface area contributed by atoms with Crippen LogP contribution >= 0.6 is 11.6 Å². The van der Waals surface area contributed by atoms with Gasteiger partial charge in [-0.3, -0.25) is 4.79 Å². The lowest BCUT2D eigenvalue weighted by Gasteiger charge is -2.06. The van der Waals surface area contributed by atoms with Crippen LogP contribution in [0, 0.1) is 0 Å². The van der Waals surface area contributed by atoms with Gasteiger partial charge in [0.15, 0.2) is 5.69 Å². The third-order valence-corrected chi connectivity index (χ3v) is 1.92. The van der Waals surface area contributed by atoms with Crippen LogP contribution in [0.5, 0.6) is 0 Å². The van der Waals surface area contributed by atoms with Gasteiger partial charge in [-0.15, -0.1) is 0 Å². The number of primary amides is 1. The van der Waals surface area contributed by atoms with E-state index in [9.17, 15) is 4.79 Å². The summed E-state index contributed by atoms with van der Waals surface area (Å²) < 4.78 is 0. The number of carbonyl (C=O) groups is 1. The lowest BCUT2D eigenvalue weighted by Crippen LogP contribution is -2.16. The number of rotatable bonds is 2. The Balaban J connectivity index is 3.35. The van der Waals surface area contributed by atoms with Gasteiger partial charge in [-0.05, 0) is 18.1 Å². The average Bonchev–Trinajstić information content (AvgIpc) is 2.08. The number of anilines is 1. The molecule has 1 aromatic rings. The molecular formula is C8H10ClN3O. The molecule has 0 bridgehead atoms. The van der Waals surface area contributed by atoms with Gasteiger partial charge in [-0.1, -0.05) is 18.5 Å². The van der Waals surface area contributed by atoms with Crippen molar-refractivity contribution in [2.45, 2.75) is 13.3 Å². The number of amides is 1. The van der Waals surface area contributed by atoms with Crippen molar-refractivity contribution < 1.29 is 4.79 Å². The highest BCUT2D eigenvalue weighted by Crippen LogP contribution is 2.19. The second-order valence-corrected chi connectivity index (χ2v) is 2.97. The van der Waals surface area contributed by atoms with Crippen LogP contribution in [0.4, 0.5) is 5.69 Å². The maximum absolute atomic E-state index is 10.9. The normalized spacial score (nSPS) is 10.0. The third kappa shape index (κ3) is 1.89. The Morgan fingerprint density at radius 1 is 1.69 bits per heavy atom. The number of halogens is 1. The summed E-state index contributed by atoms with van der Waals surface area (Å²) in [5.41, 5.74) is 11.9. The molecule has 0 aliphatic rings. The van der Waals surface area contributed by atoms with Crippen LogP contribution in [-0.4, -0.2) is 10.9 Å². The van der Waals surface area contributed by atoms with Crippen LogP contribution in [0.25, 0.3) is 0 Å². The van der Waals surface area contributed by atoms with Crippen LogP contribution in [0.15, 0.2) is 6.07 Å². The minimum Gasteiger partial charge on any atom is -0.397 e. The van der Waals surface area contributed by atoms with Crippen LogP contribution in [-0.2, 0) is 6.42 Å². The fraction of sp³-hybridized carbons (Fsp3) is 0.250. The molecule has 0 radical (unpaired) electrons. The Labute approximate surface area is 80.9 Å². The second-order valence-electron chi connectivity index (χ2n) is 2.58. The molecule has 0 saturated carbocycles. The van der Waals surface area contributed by atoms with E-state index in [1.165, 1.54) is 0 Å². The summed E-state index contributed by atoms with van der Waals surface area (Å²) in [5.74, 6) is -0.658. The van der Waals surface area contributed by atoms with Gasteiger partial charge in [0.1, 0.15) is 5.15 Å². The van der Waals surface area contributed by atoms with Gasteiger partial charge in [0.25, 0.3) is 5.91 Å². The Kier molecular flexibility index (Phi) is 2.72. The number of aromatic nitrogens is 1. The van der Waals surface area contributed by atoms with Gasteiger partial charge < -0.3 is 11.5 Å². The first kappa shape index (κ1) is 9.80. The summed E-state index contributed by atoms with van der Waals surface area (Å²) in [5, 5.41) is 0.236. The number of aryl methyl sites for hydroxylation is 1. The summed E-state index contributed by atoms with van der Waals surface area (Å²) >= 11 is 5.67. The van der Waals surface area contributed by atoms with Gasteiger partial charge in [0.2, 0.25) is 0 Å². The maximum Gasteiger partial charge on any atom is 0.269 e. The predicted molar refractivity (Wildman–Crippen MR) is 51.6 cm³/mol. The molecule has 0 spiro atoms. The summed E-state index contributed by atoms with van der Waals surface area (Å²) in [6, 6.07) is 1.63. The quantitative estimate of drug-likeness (QED) is 0.697. The van der Waals surface area contributed by atoms with Gasteiger partial charge in [0.05, 0.1) is 5.69 Å². The van der Waals surface area contributed by atoms with Crippen molar-refractivity contribution in [1.82, 2.24) is 4.98 Å². The van der Waals surface area contributed by atoms with Crippen molar-refractivity contribution in [2.75, 3.05) is 5.73 Å². The number of hydrogen-bond donors (Lipinski definition) is 2. The average molecular weight is 200 g/mol. The Morgan fingerprint density at radius 2 is 2.31 bits per heavy atom. The lowest BCUT2D eigenvalue weighted by atomic mass is 10.1. The fourth-order valence-electron chi connectivity index (χ4n) is 1.05. The molecule has 0 fully saturated rings. The monoisotopic (exact) mass is 199 g/mol. The number of nitrogen functional groups attached to an aromatic ring is 1. The van der Waals surface area contributed by atoms with Gasteiger partial charge >= 0.3 is 0 Å². The Hall–Kier alpha value is -1.29. The standard InChI is InChI=1S/C8H10ClN3O/c1-2-4-3-5(9)12-7(6(4)10)8(11)13/h3H,2,10H2,1H3,(H2,11,13). The van der Waals surface area contributed by atoms with Crippen molar-refractivity contribution in [1.29, 1.82) is 0 Å². The van der Waals surface area contributed by atoms with E-state index >= 15 is 0 Å². The topological polar surface area (TPSA) is 82.0 Å². The smallest absolute Gasteiger partial charge is 0.269 e. The lowest BCUT2D eigenvalue weighted by molar-refractivity contribution is 0.0996. The molecule has 0 unspecified atom stereocenters. The number of pyridine rings is 1. The Morgan fingerprint density at radius 3 is 2.77 bits per heavy atom. The van der Waals surface area contributed by atoms with Crippen molar-refractivity contribution in [2.24, 2.45) is 5.73 Å². The van der Waals surface area contributed by atoms with Crippen LogP contribution < -0.4 is 11.5 Å². The highest BCUT2D eigenvalue weighted by molar-refractivity contribution is 6.29. The molecule has 1 heterocycles. The number of hydrogen-bond acceptors (Lipinski definition) is 3. The van der Waals surface area contributed by atoms with E-state index < -0.39 is 5.91 Å². The maximum atomic E-state index is 10.9. The molecule has 4 N–H and O–H groups in total. The fourth-order valence-corrected chi connectivity index (χ4v) is 1.27. The SMILES string of the molecule is CCc1cc(Cl)nc(C(N)=O)c1N. The van der Waals surface area contributed by atoms with E-state index in [4.69, 9.17) is 23.1 Å². The highest BCUT2D eigenvalue weighted by Gasteiger charge is 2.12. The highest BCUT2D eigenvalue weighted by atomic mass is 35.5. The summed E-state index contributed by atoms with van der Waals surface area (Å²) in [6.45, 7) is 1.91. The zero-order chi connectivity index (χ0) is 10.0. The molecule has 0 saturated heterocycles. The Bertz CT molecular complexity index is 351. The van der Waals surface area contributed by atoms with Gasteiger partial charge in [-0.2, -0.15) is 0 Å². The van der Waals surface area contributed by atoms with Crippen molar-refractivity contribution >= 4 is 23.2 Å². The number of nitrogens with two attached hydrogens (primary N) is 2. The van der Waals surface area contributed by atoms with Crippen LogP contribution in [0.1, 0.15) is 23.0 Å².